The molecule has 2 aromatic carbocycles. The van der Waals surface area contributed by atoms with Crippen LogP contribution in [0.25, 0.3) is 0 Å². The predicted molar refractivity (Wildman–Crippen MR) is 109 cm³/mol. The first-order valence-corrected chi connectivity index (χ1v) is 9.13. The van der Waals surface area contributed by atoms with Crippen LogP contribution in [0.15, 0.2) is 46.0 Å². The minimum Gasteiger partial charge on any atom is -0.503 e. The maximum absolute atomic E-state index is 11.9. The number of nitrogens with zero attached hydrogens (tertiary/aromatic N) is 1. The van der Waals surface area contributed by atoms with Crippen LogP contribution in [0.2, 0.25) is 0 Å². The second-order valence-corrected chi connectivity index (χ2v) is 6.38. The van der Waals surface area contributed by atoms with E-state index in [1.807, 2.05) is 0 Å². The van der Waals surface area contributed by atoms with Gasteiger partial charge >= 0.3 is 0 Å². The molecule has 9 heteroatoms. The Bertz CT molecular complexity index is 869. The third kappa shape index (κ3) is 6.27. The highest BCUT2D eigenvalue weighted by molar-refractivity contribution is 9.10. The van der Waals surface area contributed by atoms with Gasteiger partial charge < -0.3 is 19.9 Å². The Hall–Kier alpha value is -3.07. The lowest BCUT2D eigenvalue weighted by Crippen LogP contribution is -2.24. The van der Waals surface area contributed by atoms with Crippen LogP contribution in [0, 0.1) is 0 Å². The first-order valence-electron chi connectivity index (χ1n) is 8.34. The van der Waals surface area contributed by atoms with Gasteiger partial charge in [-0.25, -0.2) is 5.43 Å². The molecule has 0 aliphatic rings. The molecule has 0 aliphatic carbocycles. The molecule has 3 N–H and O–H groups in total. The number of anilines is 1. The number of nitrogens with one attached hydrogen (secondary N) is 2. The Kier molecular flexibility index (Phi) is 7.82. The van der Waals surface area contributed by atoms with E-state index in [9.17, 15) is 14.7 Å². The summed E-state index contributed by atoms with van der Waals surface area (Å²) in [6.07, 6.45) is 0.999. The van der Waals surface area contributed by atoms with Crippen molar-refractivity contribution in [2.75, 3.05) is 19.0 Å². The van der Waals surface area contributed by atoms with Crippen molar-refractivity contribution < 1.29 is 24.2 Å². The molecule has 0 bridgehead atoms. The summed E-state index contributed by atoms with van der Waals surface area (Å²) in [5.74, 6) is -0.0887. The summed E-state index contributed by atoms with van der Waals surface area (Å²) < 4.78 is 10.8. The van der Waals surface area contributed by atoms with Crippen molar-refractivity contribution in [2.24, 2.45) is 5.10 Å². The number of halogens is 1. The molecule has 0 aromatic heterocycles. The molecule has 0 radical (unpaired) electrons. The van der Waals surface area contributed by atoms with Crippen LogP contribution in [0.3, 0.4) is 0 Å². The van der Waals surface area contributed by atoms with Crippen molar-refractivity contribution in [3.63, 3.8) is 0 Å². The van der Waals surface area contributed by atoms with E-state index in [2.05, 4.69) is 31.8 Å². The van der Waals surface area contributed by atoms with Crippen LogP contribution < -0.4 is 20.2 Å². The van der Waals surface area contributed by atoms with Crippen molar-refractivity contribution in [1.29, 1.82) is 0 Å². The van der Waals surface area contributed by atoms with Gasteiger partial charge in [0.05, 0.1) is 24.4 Å². The highest BCUT2D eigenvalue weighted by Gasteiger charge is 2.10. The quantitative estimate of drug-likeness (QED) is 0.326. The number of benzene rings is 2. The normalized spacial score (nSPS) is 10.5. The molecule has 0 atom stereocenters. The zero-order valence-corrected chi connectivity index (χ0v) is 16.9. The summed E-state index contributed by atoms with van der Waals surface area (Å²) in [5.41, 5.74) is 3.43. The van der Waals surface area contributed by atoms with Crippen molar-refractivity contribution in [1.82, 2.24) is 5.43 Å². The van der Waals surface area contributed by atoms with Gasteiger partial charge in [-0.15, -0.1) is 0 Å². The van der Waals surface area contributed by atoms with E-state index < -0.39 is 11.8 Å². The van der Waals surface area contributed by atoms with Crippen LogP contribution in [0.1, 0.15) is 18.9 Å². The molecule has 28 heavy (non-hydrogen) atoms. The smallest absolute Gasteiger partial charge is 0.249 e. The molecule has 2 aromatic rings. The first-order chi connectivity index (χ1) is 13.4. The van der Waals surface area contributed by atoms with E-state index in [4.69, 9.17) is 9.47 Å². The number of methoxy groups -OCH3 is 1. The second kappa shape index (κ2) is 10.3. The molecule has 2 rings (SSSR count). The molecular formula is C19H20BrN3O5. The van der Waals surface area contributed by atoms with Gasteiger partial charge in [-0.3, -0.25) is 9.59 Å². The Labute approximate surface area is 170 Å². The van der Waals surface area contributed by atoms with Crippen LogP contribution in [-0.2, 0) is 9.59 Å². The van der Waals surface area contributed by atoms with E-state index in [1.165, 1.54) is 6.21 Å². The molecule has 0 spiro atoms. The van der Waals surface area contributed by atoms with Crippen molar-refractivity contribution in [3.05, 3.63) is 46.4 Å². The molecule has 0 saturated heterocycles. The number of rotatable bonds is 8. The number of carbonyl (C=O) groups is 2. The maximum Gasteiger partial charge on any atom is 0.249 e. The number of hydrazone groups is 1. The minimum atomic E-state index is -0.565. The summed E-state index contributed by atoms with van der Waals surface area (Å²) in [5, 5.41) is 16.3. The SMILES string of the molecule is CCOc1cc(/C=N/NC(=O)CC(=O)Nc2ccc(OC)cc2)cc(Br)c1O. The number of aromatic hydroxyl groups is 1. The fourth-order valence-electron chi connectivity index (χ4n) is 2.18. The van der Waals surface area contributed by atoms with E-state index in [0.29, 0.717) is 33.8 Å². The molecule has 0 heterocycles. The van der Waals surface area contributed by atoms with Gasteiger partial charge in [0.25, 0.3) is 0 Å². The number of phenols is 1. The number of hydrogen-bond donors (Lipinski definition) is 3. The van der Waals surface area contributed by atoms with Crippen LogP contribution in [-0.4, -0.2) is 36.9 Å². The number of hydrogen-bond acceptors (Lipinski definition) is 6. The molecule has 148 valence electrons. The molecule has 0 aliphatic heterocycles. The standard InChI is InChI=1S/C19H20BrN3O5/c1-3-28-16-9-12(8-15(20)19(16)26)11-21-23-18(25)10-17(24)22-13-4-6-14(27-2)7-5-13/h4-9,11,26H,3,10H2,1-2H3,(H,22,24)(H,23,25)/b21-11+. The summed E-state index contributed by atoms with van der Waals surface area (Å²) in [6, 6.07) is 9.94. The molecule has 2 amide bonds. The Morgan fingerprint density at radius 3 is 2.57 bits per heavy atom. The van der Waals surface area contributed by atoms with E-state index in [-0.39, 0.29) is 12.2 Å². The van der Waals surface area contributed by atoms with Crippen LogP contribution >= 0.6 is 15.9 Å². The summed E-state index contributed by atoms with van der Waals surface area (Å²) >= 11 is 3.22. The van der Waals surface area contributed by atoms with Gasteiger partial charge in [0.1, 0.15) is 12.2 Å². The highest BCUT2D eigenvalue weighted by atomic mass is 79.9. The molecule has 0 fully saturated rings. The number of ether oxygens (including phenoxy) is 2. The summed E-state index contributed by atoms with van der Waals surface area (Å²) in [4.78, 5) is 23.7. The van der Waals surface area contributed by atoms with Gasteiger partial charge in [-0.1, -0.05) is 0 Å². The third-order valence-electron chi connectivity index (χ3n) is 3.45. The minimum absolute atomic E-state index is 0.0155. The van der Waals surface area contributed by atoms with Crippen molar-refractivity contribution >= 4 is 39.6 Å². The molecule has 8 nitrogen and oxygen atoms in total. The summed E-state index contributed by atoms with van der Waals surface area (Å²) in [6.45, 7) is 2.19. The topological polar surface area (TPSA) is 109 Å². The lowest BCUT2D eigenvalue weighted by molar-refractivity contribution is -0.126. The fourth-order valence-corrected chi connectivity index (χ4v) is 2.64. The first kappa shape index (κ1) is 21.2. The average molecular weight is 450 g/mol. The Morgan fingerprint density at radius 2 is 1.93 bits per heavy atom. The Balaban J connectivity index is 1.88. The van der Waals surface area contributed by atoms with Crippen molar-refractivity contribution in [3.8, 4) is 17.2 Å². The monoisotopic (exact) mass is 449 g/mol. The summed E-state index contributed by atoms with van der Waals surface area (Å²) in [7, 11) is 1.55. The van der Waals surface area contributed by atoms with Gasteiger partial charge in [0.2, 0.25) is 11.8 Å². The molecule has 0 saturated carbocycles. The largest absolute Gasteiger partial charge is 0.503 e. The number of phenolic OH excluding ortho intramolecular Hbond substituents is 1. The Morgan fingerprint density at radius 1 is 1.21 bits per heavy atom. The third-order valence-corrected chi connectivity index (χ3v) is 4.05. The predicted octanol–water partition coefficient (Wildman–Crippen LogP) is 3.04. The molecular weight excluding hydrogens is 430 g/mol. The number of carbonyl (C=O) groups excluding carboxylic acids is 2. The lowest BCUT2D eigenvalue weighted by Gasteiger charge is -2.08. The van der Waals surface area contributed by atoms with Gasteiger partial charge in [0.15, 0.2) is 11.5 Å². The van der Waals surface area contributed by atoms with Crippen LogP contribution in [0.5, 0.6) is 17.2 Å². The van der Waals surface area contributed by atoms with E-state index >= 15 is 0 Å². The lowest BCUT2D eigenvalue weighted by atomic mass is 10.2. The fraction of sp³-hybridized carbons (Fsp3) is 0.211. The zero-order valence-electron chi connectivity index (χ0n) is 15.4. The van der Waals surface area contributed by atoms with Crippen LogP contribution in [0.4, 0.5) is 5.69 Å². The molecule has 0 unspecified atom stereocenters. The number of amides is 2. The average Bonchev–Trinajstić information content (AvgIpc) is 2.66. The highest BCUT2D eigenvalue weighted by Crippen LogP contribution is 2.35. The van der Waals surface area contributed by atoms with E-state index in [0.717, 1.165) is 0 Å². The second-order valence-electron chi connectivity index (χ2n) is 5.53. The van der Waals surface area contributed by atoms with E-state index in [1.54, 1.807) is 50.4 Å². The van der Waals surface area contributed by atoms with Gasteiger partial charge in [-0.05, 0) is 64.8 Å². The van der Waals surface area contributed by atoms with Crippen molar-refractivity contribution in [2.45, 2.75) is 13.3 Å². The maximum atomic E-state index is 11.9. The van der Waals surface area contributed by atoms with Gasteiger partial charge in [0, 0.05) is 5.69 Å². The van der Waals surface area contributed by atoms with Gasteiger partial charge in [-0.2, -0.15) is 5.10 Å². The zero-order chi connectivity index (χ0) is 20.5.